The van der Waals surface area contributed by atoms with Gasteiger partial charge >= 0.3 is 11.9 Å². The zero-order valence-electron chi connectivity index (χ0n) is 9.93. The van der Waals surface area contributed by atoms with Crippen LogP contribution >= 0.6 is 0 Å². The fourth-order valence-corrected chi connectivity index (χ4v) is 1.40. The molecular weight excluding hydrogens is 224 g/mol. The van der Waals surface area contributed by atoms with E-state index in [0.29, 0.717) is 12.0 Å². The van der Waals surface area contributed by atoms with E-state index in [4.69, 9.17) is 5.11 Å². The standard InChI is InChI=1S/C11H14N2O4/c1-6(2)4-7-5-8(10(14)15)12-13-9(7)11(16)17-3/h5-6H,4H2,1-3H3,(H,14,15). The van der Waals surface area contributed by atoms with Crippen LogP contribution in [-0.2, 0) is 11.2 Å². The number of methoxy groups -OCH3 is 1. The van der Waals surface area contributed by atoms with Crippen LogP contribution in [0.3, 0.4) is 0 Å². The first kappa shape index (κ1) is 13.1. The van der Waals surface area contributed by atoms with Crippen LogP contribution in [0.25, 0.3) is 0 Å². The quantitative estimate of drug-likeness (QED) is 0.791. The highest BCUT2D eigenvalue weighted by Crippen LogP contribution is 2.13. The van der Waals surface area contributed by atoms with Crippen molar-refractivity contribution in [2.45, 2.75) is 20.3 Å². The maximum absolute atomic E-state index is 11.4. The van der Waals surface area contributed by atoms with Crippen molar-refractivity contribution in [2.75, 3.05) is 7.11 Å². The van der Waals surface area contributed by atoms with Gasteiger partial charge in [0.15, 0.2) is 11.4 Å². The average Bonchev–Trinajstić information content (AvgIpc) is 2.27. The van der Waals surface area contributed by atoms with Crippen LogP contribution in [0.5, 0.6) is 0 Å². The third kappa shape index (κ3) is 3.24. The molecule has 0 atom stereocenters. The molecule has 0 amide bonds. The molecule has 0 aliphatic rings. The molecule has 0 aliphatic heterocycles. The van der Waals surface area contributed by atoms with Gasteiger partial charge in [0.2, 0.25) is 0 Å². The van der Waals surface area contributed by atoms with Gasteiger partial charge in [0.1, 0.15) is 0 Å². The molecule has 0 radical (unpaired) electrons. The molecule has 1 rings (SSSR count). The summed E-state index contributed by atoms with van der Waals surface area (Å²) in [7, 11) is 1.24. The first-order valence-electron chi connectivity index (χ1n) is 5.14. The van der Waals surface area contributed by atoms with Crippen molar-refractivity contribution in [3.8, 4) is 0 Å². The minimum absolute atomic E-state index is 0.0752. The summed E-state index contributed by atoms with van der Waals surface area (Å²) in [5.41, 5.74) is 0.443. The second-order valence-electron chi connectivity index (χ2n) is 4.00. The van der Waals surface area contributed by atoms with Crippen LogP contribution in [-0.4, -0.2) is 34.4 Å². The number of nitrogens with zero attached hydrogens (tertiary/aromatic N) is 2. The van der Waals surface area contributed by atoms with Gasteiger partial charge in [-0.15, -0.1) is 10.2 Å². The van der Waals surface area contributed by atoms with Crippen LogP contribution in [0.1, 0.15) is 40.4 Å². The van der Waals surface area contributed by atoms with Crippen LogP contribution in [0.4, 0.5) is 0 Å². The predicted molar refractivity (Wildman–Crippen MR) is 58.9 cm³/mol. The number of hydrogen-bond donors (Lipinski definition) is 1. The minimum atomic E-state index is -1.17. The lowest BCUT2D eigenvalue weighted by Crippen LogP contribution is -2.14. The third-order valence-electron chi connectivity index (χ3n) is 2.10. The monoisotopic (exact) mass is 238 g/mol. The summed E-state index contributed by atoms with van der Waals surface area (Å²) in [4.78, 5) is 22.2. The Morgan fingerprint density at radius 2 is 2.06 bits per heavy atom. The molecule has 0 aliphatic carbocycles. The number of carboxylic acid groups (broad SMARTS) is 1. The first-order chi connectivity index (χ1) is 7.95. The van der Waals surface area contributed by atoms with Gasteiger partial charge in [-0.2, -0.15) is 0 Å². The number of carbonyl (C=O) groups excluding carboxylic acids is 1. The lowest BCUT2D eigenvalue weighted by molar-refractivity contribution is 0.0587. The Morgan fingerprint density at radius 1 is 1.41 bits per heavy atom. The number of aromatic carboxylic acids is 1. The summed E-state index contributed by atoms with van der Waals surface area (Å²) in [5.74, 6) is -1.51. The van der Waals surface area contributed by atoms with Crippen molar-refractivity contribution in [3.05, 3.63) is 23.0 Å². The summed E-state index contributed by atoms with van der Waals surface area (Å²) in [5, 5.41) is 15.9. The van der Waals surface area contributed by atoms with E-state index in [1.165, 1.54) is 13.2 Å². The van der Waals surface area contributed by atoms with Gasteiger partial charge in [-0.1, -0.05) is 13.8 Å². The van der Waals surface area contributed by atoms with E-state index in [2.05, 4.69) is 14.9 Å². The maximum atomic E-state index is 11.4. The molecule has 6 nitrogen and oxygen atoms in total. The van der Waals surface area contributed by atoms with Crippen LogP contribution in [0.2, 0.25) is 0 Å². The molecule has 0 aromatic carbocycles. The van der Waals surface area contributed by atoms with Gasteiger partial charge in [0.25, 0.3) is 0 Å². The Morgan fingerprint density at radius 3 is 2.53 bits per heavy atom. The van der Waals surface area contributed by atoms with Gasteiger partial charge in [-0.05, 0) is 24.0 Å². The van der Waals surface area contributed by atoms with Crippen molar-refractivity contribution in [3.63, 3.8) is 0 Å². The van der Waals surface area contributed by atoms with Crippen molar-refractivity contribution >= 4 is 11.9 Å². The van der Waals surface area contributed by atoms with Crippen molar-refractivity contribution in [1.29, 1.82) is 0 Å². The van der Waals surface area contributed by atoms with E-state index >= 15 is 0 Å². The molecule has 0 bridgehead atoms. The second kappa shape index (κ2) is 5.38. The number of carboxylic acids is 1. The summed E-state index contributed by atoms with van der Waals surface area (Å²) >= 11 is 0. The Bertz CT molecular complexity index is 443. The molecule has 6 heteroatoms. The molecule has 1 N–H and O–H groups in total. The van der Waals surface area contributed by atoms with Gasteiger partial charge < -0.3 is 9.84 Å². The molecule has 1 heterocycles. The maximum Gasteiger partial charge on any atom is 0.358 e. The van der Waals surface area contributed by atoms with Crippen molar-refractivity contribution < 1.29 is 19.4 Å². The van der Waals surface area contributed by atoms with E-state index in [0.717, 1.165) is 0 Å². The zero-order chi connectivity index (χ0) is 13.0. The minimum Gasteiger partial charge on any atom is -0.476 e. The smallest absolute Gasteiger partial charge is 0.358 e. The van der Waals surface area contributed by atoms with Gasteiger partial charge in [-0.3, -0.25) is 0 Å². The highest BCUT2D eigenvalue weighted by Gasteiger charge is 2.18. The predicted octanol–water partition coefficient (Wildman–Crippen LogP) is 1.16. The normalized spacial score (nSPS) is 10.4. The van der Waals surface area contributed by atoms with Gasteiger partial charge in [-0.25, -0.2) is 9.59 Å². The van der Waals surface area contributed by atoms with E-state index in [9.17, 15) is 9.59 Å². The van der Waals surface area contributed by atoms with E-state index in [1.54, 1.807) is 0 Å². The largest absolute Gasteiger partial charge is 0.476 e. The number of carbonyl (C=O) groups is 2. The summed E-state index contributed by atoms with van der Waals surface area (Å²) in [6.45, 7) is 3.92. The van der Waals surface area contributed by atoms with Crippen molar-refractivity contribution in [1.82, 2.24) is 10.2 Å². The average molecular weight is 238 g/mol. The first-order valence-corrected chi connectivity index (χ1v) is 5.14. The SMILES string of the molecule is COC(=O)c1nnc(C(=O)O)cc1CC(C)C. The Labute approximate surface area is 98.6 Å². The van der Waals surface area contributed by atoms with Crippen LogP contribution < -0.4 is 0 Å². The Kier molecular flexibility index (Phi) is 4.14. The number of rotatable bonds is 4. The summed E-state index contributed by atoms with van der Waals surface area (Å²) in [6, 6.07) is 1.36. The van der Waals surface area contributed by atoms with E-state index in [-0.39, 0.29) is 17.3 Å². The second-order valence-corrected chi connectivity index (χ2v) is 4.00. The highest BCUT2D eigenvalue weighted by atomic mass is 16.5. The number of hydrogen-bond acceptors (Lipinski definition) is 5. The topological polar surface area (TPSA) is 89.4 Å². The number of esters is 1. The molecular formula is C11H14N2O4. The molecule has 17 heavy (non-hydrogen) atoms. The molecule has 0 saturated carbocycles. The third-order valence-corrected chi connectivity index (χ3v) is 2.10. The van der Waals surface area contributed by atoms with Crippen LogP contribution in [0.15, 0.2) is 6.07 Å². The molecule has 0 saturated heterocycles. The summed E-state index contributed by atoms with van der Waals surface area (Å²) in [6.07, 6.45) is 0.542. The van der Waals surface area contributed by atoms with E-state index < -0.39 is 11.9 Å². The fourth-order valence-electron chi connectivity index (χ4n) is 1.40. The lowest BCUT2D eigenvalue weighted by Gasteiger charge is -2.09. The Hall–Kier alpha value is -1.98. The van der Waals surface area contributed by atoms with E-state index in [1.807, 2.05) is 13.8 Å². The summed E-state index contributed by atoms with van der Waals surface area (Å²) < 4.78 is 4.57. The molecule has 1 aromatic heterocycles. The number of ether oxygens (including phenoxy) is 1. The van der Waals surface area contributed by atoms with Crippen LogP contribution in [0, 0.1) is 5.92 Å². The fraction of sp³-hybridized carbons (Fsp3) is 0.455. The molecule has 1 aromatic rings. The van der Waals surface area contributed by atoms with Gasteiger partial charge in [0.05, 0.1) is 7.11 Å². The Balaban J connectivity index is 3.21. The molecule has 92 valence electrons. The van der Waals surface area contributed by atoms with Gasteiger partial charge in [0, 0.05) is 0 Å². The van der Waals surface area contributed by atoms with Crippen molar-refractivity contribution in [2.24, 2.45) is 5.92 Å². The zero-order valence-corrected chi connectivity index (χ0v) is 9.93. The molecule has 0 unspecified atom stereocenters. The highest BCUT2D eigenvalue weighted by molar-refractivity contribution is 5.90. The lowest BCUT2D eigenvalue weighted by atomic mass is 10.0. The number of aromatic nitrogens is 2. The molecule has 0 fully saturated rings. The molecule has 0 spiro atoms.